The number of hydrogen-bond donors (Lipinski definition) is 1. The van der Waals surface area contributed by atoms with Gasteiger partial charge in [-0.2, -0.15) is 5.10 Å². The fraction of sp³-hybridized carbons (Fsp3) is 0.812. The maximum Gasteiger partial charge on any atom is 0.408 e. The van der Waals surface area contributed by atoms with Crippen molar-refractivity contribution in [2.24, 2.45) is 5.10 Å². The van der Waals surface area contributed by atoms with Gasteiger partial charge in [-0.3, -0.25) is 4.79 Å². The van der Waals surface area contributed by atoms with E-state index in [4.69, 9.17) is 4.74 Å². The largest absolute Gasteiger partial charge is 0.444 e. The SMILES string of the molecule is CC(NC(=O)OC(C)(C)C)C1=NN(C2CCCCC2)C(=O)C1. The highest BCUT2D eigenvalue weighted by molar-refractivity contribution is 6.08. The van der Waals surface area contributed by atoms with E-state index in [2.05, 4.69) is 10.4 Å². The van der Waals surface area contributed by atoms with Crippen molar-refractivity contribution in [3.8, 4) is 0 Å². The lowest BCUT2D eigenvalue weighted by atomic mass is 9.95. The summed E-state index contributed by atoms with van der Waals surface area (Å²) in [7, 11) is 0. The number of hydrogen-bond acceptors (Lipinski definition) is 4. The number of carbonyl (C=O) groups is 2. The summed E-state index contributed by atoms with van der Waals surface area (Å²) in [6.45, 7) is 7.29. The quantitative estimate of drug-likeness (QED) is 0.871. The van der Waals surface area contributed by atoms with E-state index in [-0.39, 0.29) is 24.4 Å². The zero-order valence-corrected chi connectivity index (χ0v) is 14.0. The van der Waals surface area contributed by atoms with Gasteiger partial charge in [0.2, 0.25) is 5.91 Å². The Hall–Kier alpha value is -1.59. The normalized spacial score (nSPS) is 21.5. The fourth-order valence-electron chi connectivity index (χ4n) is 2.88. The molecule has 0 aromatic rings. The molecule has 0 aromatic carbocycles. The number of nitrogens with one attached hydrogen (secondary N) is 1. The number of alkyl carbamates (subject to hydrolysis) is 1. The van der Waals surface area contributed by atoms with Crippen LogP contribution in [0.1, 0.15) is 66.2 Å². The van der Waals surface area contributed by atoms with Crippen LogP contribution >= 0.6 is 0 Å². The molecule has 0 aromatic heterocycles. The molecule has 1 N–H and O–H groups in total. The van der Waals surface area contributed by atoms with E-state index in [1.807, 2.05) is 27.7 Å². The molecule has 0 spiro atoms. The summed E-state index contributed by atoms with van der Waals surface area (Å²) in [5.41, 5.74) is 0.173. The Kier molecular flexibility index (Phi) is 5.08. The highest BCUT2D eigenvalue weighted by atomic mass is 16.6. The second-order valence-electron chi connectivity index (χ2n) is 7.17. The summed E-state index contributed by atoms with van der Waals surface area (Å²) >= 11 is 0. The molecule has 2 amide bonds. The van der Waals surface area contributed by atoms with Crippen LogP contribution < -0.4 is 5.32 Å². The average Bonchev–Trinajstić information content (AvgIpc) is 2.79. The van der Waals surface area contributed by atoms with Crippen LogP contribution in [0.4, 0.5) is 4.79 Å². The Morgan fingerprint density at radius 1 is 1.32 bits per heavy atom. The molecular weight excluding hydrogens is 282 g/mol. The van der Waals surface area contributed by atoms with Crippen LogP contribution in [0.2, 0.25) is 0 Å². The molecule has 1 unspecified atom stereocenters. The van der Waals surface area contributed by atoms with Crippen LogP contribution in [0.5, 0.6) is 0 Å². The summed E-state index contributed by atoms with van der Waals surface area (Å²) in [4.78, 5) is 24.0. The van der Waals surface area contributed by atoms with Crippen LogP contribution in [0.3, 0.4) is 0 Å². The summed E-state index contributed by atoms with van der Waals surface area (Å²) in [5.74, 6) is 0.0414. The van der Waals surface area contributed by atoms with Gasteiger partial charge >= 0.3 is 6.09 Å². The van der Waals surface area contributed by atoms with Crippen molar-refractivity contribution in [3.63, 3.8) is 0 Å². The monoisotopic (exact) mass is 309 g/mol. The Bertz CT molecular complexity index is 462. The summed E-state index contributed by atoms with van der Waals surface area (Å²) < 4.78 is 5.23. The Balaban J connectivity index is 1.93. The van der Waals surface area contributed by atoms with Gasteiger partial charge in [0.05, 0.1) is 24.2 Å². The van der Waals surface area contributed by atoms with Crippen LogP contribution in [-0.2, 0) is 9.53 Å². The van der Waals surface area contributed by atoms with Crippen LogP contribution in [0.15, 0.2) is 5.10 Å². The molecule has 1 saturated carbocycles. The van der Waals surface area contributed by atoms with Crippen molar-refractivity contribution < 1.29 is 14.3 Å². The van der Waals surface area contributed by atoms with Crippen LogP contribution in [0, 0.1) is 0 Å². The number of rotatable bonds is 3. The molecule has 1 atom stereocenters. The van der Waals surface area contributed by atoms with Gasteiger partial charge in [-0.25, -0.2) is 9.80 Å². The molecule has 1 aliphatic carbocycles. The van der Waals surface area contributed by atoms with Gasteiger partial charge in [0, 0.05) is 0 Å². The first-order valence-corrected chi connectivity index (χ1v) is 8.15. The van der Waals surface area contributed by atoms with E-state index in [1.54, 1.807) is 5.01 Å². The second-order valence-corrected chi connectivity index (χ2v) is 7.17. The predicted octanol–water partition coefficient (Wildman–Crippen LogP) is 2.82. The third-order valence-electron chi connectivity index (χ3n) is 3.98. The highest BCUT2D eigenvalue weighted by Gasteiger charge is 2.33. The van der Waals surface area contributed by atoms with Crippen molar-refractivity contribution in [1.29, 1.82) is 0 Å². The molecule has 1 heterocycles. The van der Waals surface area contributed by atoms with Gasteiger partial charge < -0.3 is 10.1 Å². The van der Waals surface area contributed by atoms with Crippen molar-refractivity contribution >= 4 is 17.7 Å². The minimum Gasteiger partial charge on any atom is -0.444 e. The predicted molar refractivity (Wildman–Crippen MR) is 84.6 cm³/mol. The summed E-state index contributed by atoms with van der Waals surface area (Å²) in [6, 6.07) is -0.0696. The average molecular weight is 309 g/mol. The number of nitrogens with zero attached hydrogens (tertiary/aromatic N) is 2. The minimum absolute atomic E-state index is 0.0414. The molecule has 6 heteroatoms. The molecule has 124 valence electrons. The van der Waals surface area contributed by atoms with E-state index in [9.17, 15) is 9.59 Å². The standard InChI is InChI=1S/C16H27N3O3/c1-11(17-15(21)22-16(2,3)4)13-10-14(20)19(18-13)12-8-6-5-7-9-12/h11-12H,5-10H2,1-4H3,(H,17,21). The lowest BCUT2D eigenvalue weighted by molar-refractivity contribution is -0.131. The number of hydrazone groups is 1. The first-order valence-electron chi connectivity index (χ1n) is 8.15. The maximum atomic E-state index is 12.2. The Morgan fingerprint density at radius 3 is 2.55 bits per heavy atom. The van der Waals surface area contributed by atoms with Crippen molar-refractivity contribution in [3.05, 3.63) is 0 Å². The molecule has 22 heavy (non-hydrogen) atoms. The third kappa shape index (κ3) is 4.45. The fourth-order valence-corrected chi connectivity index (χ4v) is 2.88. The molecule has 0 saturated heterocycles. The first kappa shape index (κ1) is 16.8. The van der Waals surface area contributed by atoms with Crippen molar-refractivity contribution in [2.75, 3.05) is 0 Å². The number of carbonyl (C=O) groups excluding carboxylic acids is 2. The van der Waals surface area contributed by atoms with Gasteiger partial charge in [0.25, 0.3) is 0 Å². The van der Waals surface area contributed by atoms with E-state index in [0.29, 0.717) is 5.71 Å². The topological polar surface area (TPSA) is 71.0 Å². The van der Waals surface area contributed by atoms with E-state index in [0.717, 1.165) is 25.7 Å². The molecular formula is C16H27N3O3. The molecule has 0 bridgehead atoms. The van der Waals surface area contributed by atoms with Crippen LogP contribution in [0.25, 0.3) is 0 Å². The maximum absolute atomic E-state index is 12.2. The van der Waals surface area contributed by atoms with E-state index < -0.39 is 11.7 Å². The van der Waals surface area contributed by atoms with Gasteiger partial charge in [-0.05, 0) is 40.5 Å². The lowest BCUT2D eigenvalue weighted by Gasteiger charge is -2.27. The molecule has 6 nitrogen and oxygen atoms in total. The minimum atomic E-state index is -0.536. The number of ether oxygens (including phenoxy) is 1. The number of amides is 2. The Labute approximate surface area is 132 Å². The van der Waals surface area contributed by atoms with Crippen LogP contribution in [-0.4, -0.2) is 40.4 Å². The zero-order chi connectivity index (χ0) is 16.3. The third-order valence-corrected chi connectivity index (χ3v) is 3.98. The Morgan fingerprint density at radius 2 is 1.95 bits per heavy atom. The zero-order valence-electron chi connectivity index (χ0n) is 14.0. The second kappa shape index (κ2) is 6.67. The van der Waals surface area contributed by atoms with Crippen molar-refractivity contribution in [1.82, 2.24) is 10.3 Å². The van der Waals surface area contributed by atoms with Gasteiger partial charge in [-0.15, -0.1) is 0 Å². The smallest absolute Gasteiger partial charge is 0.408 e. The molecule has 2 rings (SSSR count). The van der Waals surface area contributed by atoms with Gasteiger partial charge in [0.15, 0.2) is 0 Å². The van der Waals surface area contributed by atoms with Crippen molar-refractivity contribution in [2.45, 2.75) is 83.9 Å². The molecule has 0 radical (unpaired) electrons. The van der Waals surface area contributed by atoms with E-state index in [1.165, 1.54) is 6.42 Å². The summed E-state index contributed by atoms with van der Waals surface area (Å²) in [6.07, 6.45) is 5.41. The molecule has 2 aliphatic rings. The highest BCUT2D eigenvalue weighted by Crippen LogP contribution is 2.26. The first-order chi connectivity index (χ1) is 10.3. The van der Waals surface area contributed by atoms with Gasteiger partial charge in [-0.1, -0.05) is 19.3 Å². The van der Waals surface area contributed by atoms with E-state index >= 15 is 0 Å². The van der Waals surface area contributed by atoms with Gasteiger partial charge in [0.1, 0.15) is 5.60 Å². The molecule has 1 aliphatic heterocycles. The molecule has 1 fully saturated rings. The lowest BCUT2D eigenvalue weighted by Crippen LogP contribution is -2.41. The summed E-state index contributed by atoms with van der Waals surface area (Å²) in [5, 5.41) is 8.86.